The molecule has 0 radical (unpaired) electrons. The zero-order valence-corrected chi connectivity index (χ0v) is 12.9. The van der Waals surface area contributed by atoms with E-state index in [1.165, 1.54) is 0 Å². The number of hydrogen-bond donors (Lipinski definition) is 2. The van der Waals surface area contributed by atoms with E-state index in [1.54, 1.807) is 0 Å². The van der Waals surface area contributed by atoms with Crippen molar-refractivity contribution in [3.05, 3.63) is 29.8 Å². The molecule has 1 fully saturated rings. The van der Waals surface area contributed by atoms with Crippen molar-refractivity contribution in [1.29, 1.82) is 0 Å². The molecule has 1 aromatic rings. The molecule has 21 heavy (non-hydrogen) atoms. The molecule has 0 saturated carbocycles. The Morgan fingerprint density at radius 3 is 2.62 bits per heavy atom. The Morgan fingerprint density at radius 2 is 2.05 bits per heavy atom. The number of ether oxygens (including phenoxy) is 2. The molecular weight excluding hydrogens is 268 g/mol. The first-order valence-electron chi connectivity index (χ1n) is 7.44. The number of rotatable bonds is 5. The summed E-state index contributed by atoms with van der Waals surface area (Å²) in [5.41, 5.74) is 1.05. The average Bonchev–Trinajstić information content (AvgIpc) is 2.48. The van der Waals surface area contributed by atoms with E-state index < -0.39 is 0 Å². The molecule has 5 nitrogen and oxygen atoms in total. The molecule has 1 aromatic carbocycles. The van der Waals surface area contributed by atoms with Crippen LogP contribution in [0.3, 0.4) is 0 Å². The van der Waals surface area contributed by atoms with Crippen LogP contribution < -0.4 is 15.4 Å². The van der Waals surface area contributed by atoms with Crippen LogP contribution >= 0.6 is 0 Å². The standard InChI is InChI=1S/C16H24N2O3/c1-11(2)21-14-6-4-13(5-7-14)12(3)18-16(19)15-10-20-9-8-17-15/h4-7,11-12,15,17H,8-10H2,1-3H3,(H,18,19). The second-order valence-corrected chi connectivity index (χ2v) is 5.55. The van der Waals surface area contributed by atoms with Crippen LogP contribution in [0, 0.1) is 0 Å². The molecule has 1 amide bonds. The van der Waals surface area contributed by atoms with Gasteiger partial charge in [0, 0.05) is 6.54 Å². The lowest BCUT2D eigenvalue weighted by molar-refractivity contribution is -0.126. The third-order valence-electron chi connectivity index (χ3n) is 3.35. The van der Waals surface area contributed by atoms with Crippen LogP contribution in [0.25, 0.3) is 0 Å². The lowest BCUT2D eigenvalue weighted by Gasteiger charge is -2.25. The topological polar surface area (TPSA) is 59.6 Å². The van der Waals surface area contributed by atoms with Crippen LogP contribution in [0.15, 0.2) is 24.3 Å². The summed E-state index contributed by atoms with van der Waals surface area (Å²) in [6.07, 6.45) is 0.158. The van der Waals surface area contributed by atoms with Crippen LogP contribution in [0.5, 0.6) is 5.75 Å². The van der Waals surface area contributed by atoms with Crippen molar-refractivity contribution in [3.63, 3.8) is 0 Å². The molecular formula is C16H24N2O3. The summed E-state index contributed by atoms with van der Waals surface area (Å²) in [5, 5.41) is 6.15. The van der Waals surface area contributed by atoms with Gasteiger partial charge in [0.25, 0.3) is 0 Å². The van der Waals surface area contributed by atoms with Gasteiger partial charge in [-0.2, -0.15) is 0 Å². The lowest BCUT2D eigenvalue weighted by Crippen LogP contribution is -2.51. The molecule has 0 aliphatic carbocycles. The minimum atomic E-state index is -0.259. The molecule has 1 heterocycles. The third kappa shape index (κ3) is 4.72. The van der Waals surface area contributed by atoms with E-state index in [-0.39, 0.29) is 24.1 Å². The zero-order valence-electron chi connectivity index (χ0n) is 12.9. The first kappa shape index (κ1) is 15.8. The normalized spacial score (nSPS) is 20.1. The fourth-order valence-electron chi connectivity index (χ4n) is 2.24. The van der Waals surface area contributed by atoms with E-state index in [0.29, 0.717) is 19.8 Å². The predicted octanol–water partition coefficient (Wildman–Crippen LogP) is 1.64. The maximum atomic E-state index is 12.1. The molecule has 1 aliphatic rings. The number of hydrogen-bond acceptors (Lipinski definition) is 4. The number of carbonyl (C=O) groups is 1. The summed E-state index contributed by atoms with van der Waals surface area (Å²) < 4.78 is 10.9. The SMILES string of the molecule is CC(C)Oc1ccc(C(C)NC(=O)C2COCCN2)cc1. The van der Waals surface area contributed by atoms with Crippen molar-refractivity contribution in [2.45, 2.75) is 39.0 Å². The monoisotopic (exact) mass is 292 g/mol. The Labute approximate surface area is 126 Å². The van der Waals surface area contributed by atoms with Gasteiger partial charge in [0.15, 0.2) is 0 Å². The van der Waals surface area contributed by atoms with Gasteiger partial charge in [-0.05, 0) is 38.5 Å². The van der Waals surface area contributed by atoms with Gasteiger partial charge < -0.3 is 20.1 Å². The Morgan fingerprint density at radius 1 is 1.33 bits per heavy atom. The lowest BCUT2D eigenvalue weighted by atomic mass is 10.1. The van der Waals surface area contributed by atoms with Gasteiger partial charge in [-0.15, -0.1) is 0 Å². The van der Waals surface area contributed by atoms with E-state index in [9.17, 15) is 4.79 Å². The summed E-state index contributed by atoms with van der Waals surface area (Å²) in [4.78, 5) is 12.1. The molecule has 0 spiro atoms. The van der Waals surface area contributed by atoms with E-state index in [2.05, 4.69) is 10.6 Å². The molecule has 0 bridgehead atoms. The highest BCUT2D eigenvalue weighted by Crippen LogP contribution is 2.18. The number of nitrogens with one attached hydrogen (secondary N) is 2. The molecule has 1 aliphatic heterocycles. The Hall–Kier alpha value is -1.59. The number of amides is 1. The highest BCUT2D eigenvalue weighted by molar-refractivity contribution is 5.82. The van der Waals surface area contributed by atoms with E-state index in [4.69, 9.17) is 9.47 Å². The Bertz CT molecular complexity index is 453. The van der Waals surface area contributed by atoms with Crippen LogP contribution in [-0.2, 0) is 9.53 Å². The van der Waals surface area contributed by atoms with Gasteiger partial charge >= 0.3 is 0 Å². The van der Waals surface area contributed by atoms with E-state index >= 15 is 0 Å². The highest BCUT2D eigenvalue weighted by Gasteiger charge is 2.22. The summed E-state index contributed by atoms with van der Waals surface area (Å²) >= 11 is 0. The largest absolute Gasteiger partial charge is 0.491 e. The van der Waals surface area contributed by atoms with Crippen molar-refractivity contribution in [3.8, 4) is 5.75 Å². The minimum absolute atomic E-state index is 0.0234. The summed E-state index contributed by atoms with van der Waals surface area (Å²) in [7, 11) is 0. The third-order valence-corrected chi connectivity index (χ3v) is 3.35. The fraction of sp³-hybridized carbons (Fsp3) is 0.562. The van der Waals surface area contributed by atoms with Crippen molar-refractivity contribution in [2.75, 3.05) is 19.8 Å². The van der Waals surface area contributed by atoms with Crippen LogP contribution in [-0.4, -0.2) is 37.8 Å². The Balaban J connectivity index is 1.90. The highest BCUT2D eigenvalue weighted by atomic mass is 16.5. The number of carbonyl (C=O) groups excluding carboxylic acids is 1. The smallest absolute Gasteiger partial charge is 0.240 e. The quantitative estimate of drug-likeness (QED) is 0.866. The average molecular weight is 292 g/mol. The first-order chi connectivity index (χ1) is 10.1. The molecule has 1 saturated heterocycles. The van der Waals surface area contributed by atoms with Gasteiger partial charge in [0.2, 0.25) is 5.91 Å². The van der Waals surface area contributed by atoms with Crippen molar-refractivity contribution < 1.29 is 14.3 Å². The van der Waals surface area contributed by atoms with Gasteiger partial charge in [-0.25, -0.2) is 0 Å². The second kappa shape index (κ2) is 7.43. The molecule has 2 N–H and O–H groups in total. The van der Waals surface area contributed by atoms with Gasteiger partial charge in [0.1, 0.15) is 11.8 Å². The minimum Gasteiger partial charge on any atom is -0.491 e. The van der Waals surface area contributed by atoms with Crippen LogP contribution in [0.2, 0.25) is 0 Å². The number of benzene rings is 1. The van der Waals surface area contributed by atoms with Crippen molar-refractivity contribution >= 4 is 5.91 Å². The summed E-state index contributed by atoms with van der Waals surface area (Å²) in [5.74, 6) is 0.819. The van der Waals surface area contributed by atoms with Gasteiger partial charge in [-0.1, -0.05) is 12.1 Å². The molecule has 116 valence electrons. The van der Waals surface area contributed by atoms with Gasteiger partial charge in [-0.3, -0.25) is 4.79 Å². The maximum Gasteiger partial charge on any atom is 0.240 e. The molecule has 2 unspecified atom stereocenters. The fourth-order valence-corrected chi connectivity index (χ4v) is 2.24. The van der Waals surface area contributed by atoms with Crippen LogP contribution in [0.1, 0.15) is 32.4 Å². The predicted molar refractivity (Wildman–Crippen MR) is 81.4 cm³/mol. The van der Waals surface area contributed by atoms with Crippen molar-refractivity contribution in [1.82, 2.24) is 10.6 Å². The van der Waals surface area contributed by atoms with Crippen LogP contribution in [0.4, 0.5) is 0 Å². The van der Waals surface area contributed by atoms with Crippen molar-refractivity contribution in [2.24, 2.45) is 0 Å². The Kier molecular flexibility index (Phi) is 5.59. The molecule has 0 aromatic heterocycles. The van der Waals surface area contributed by atoms with E-state index in [0.717, 1.165) is 11.3 Å². The summed E-state index contributed by atoms with van der Waals surface area (Å²) in [6, 6.07) is 7.51. The molecule has 2 rings (SSSR count). The van der Waals surface area contributed by atoms with E-state index in [1.807, 2.05) is 45.0 Å². The molecule has 2 atom stereocenters. The zero-order chi connectivity index (χ0) is 15.2. The maximum absolute atomic E-state index is 12.1. The second-order valence-electron chi connectivity index (χ2n) is 5.55. The molecule has 5 heteroatoms. The first-order valence-corrected chi connectivity index (χ1v) is 7.44. The van der Waals surface area contributed by atoms with Gasteiger partial charge in [0.05, 0.1) is 25.4 Å². The number of morpholine rings is 1. The summed E-state index contributed by atoms with van der Waals surface area (Å²) in [6.45, 7) is 7.77.